The predicted molar refractivity (Wildman–Crippen MR) is 63.2 cm³/mol. The summed E-state index contributed by atoms with van der Waals surface area (Å²) in [4.78, 5) is 17.0. The third-order valence-corrected chi connectivity index (χ3v) is 4.15. The Morgan fingerprint density at radius 1 is 1.47 bits per heavy atom. The highest BCUT2D eigenvalue weighted by Crippen LogP contribution is 2.23. The molecule has 2 heterocycles. The van der Waals surface area contributed by atoms with Gasteiger partial charge in [-0.15, -0.1) is 11.3 Å². The Labute approximate surface area is 96.3 Å². The van der Waals surface area contributed by atoms with Crippen LogP contribution < -0.4 is 4.90 Å². The minimum atomic E-state index is -0.943. The molecule has 0 aliphatic carbocycles. The van der Waals surface area contributed by atoms with Crippen molar-refractivity contribution in [2.75, 3.05) is 29.5 Å². The zero-order valence-electron chi connectivity index (χ0n) is 8.18. The van der Waals surface area contributed by atoms with Crippen molar-refractivity contribution in [1.29, 1.82) is 0 Å². The van der Waals surface area contributed by atoms with Gasteiger partial charge in [0.25, 0.3) is 0 Å². The van der Waals surface area contributed by atoms with Crippen molar-refractivity contribution < 1.29 is 9.90 Å². The molecule has 1 aliphatic rings. The molecule has 0 spiro atoms. The molecule has 82 valence electrons. The van der Waals surface area contributed by atoms with Gasteiger partial charge in [0.05, 0.1) is 0 Å². The van der Waals surface area contributed by atoms with Crippen LogP contribution in [0.5, 0.6) is 0 Å². The first-order valence-electron chi connectivity index (χ1n) is 4.79. The molecule has 1 saturated heterocycles. The number of rotatable bonds is 2. The summed E-state index contributed by atoms with van der Waals surface area (Å²) in [5, 5.41) is 11.2. The zero-order valence-corrected chi connectivity index (χ0v) is 9.81. The second-order valence-corrected chi connectivity index (χ2v) is 5.33. The zero-order chi connectivity index (χ0) is 10.7. The van der Waals surface area contributed by atoms with Gasteiger partial charge in [-0.25, -0.2) is 9.78 Å². The number of carboxylic acid groups (broad SMARTS) is 1. The summed E-state index contributed by atoms with van der Waals surface area (Å²) in [6.45, 7) is 1.96. The van der Waals surface area contributed by atoms with Crippen LogP contribution in [-0.2, 0) is 0 Å². The van der Waals surface area contributed by atoms with Crippen LogP contribution in [0.15, 0.2) is 5.38 Å². The van der Waals surface area contributed by atoms with E-state index < -0.39 is 5.97 Å². The van der Waals surface area contributed by atoms with Crippen molar-refractivity contribution >= 4 is 34.2 Å². The maximum absolute atomic E-state index is 10.7. The van der Waals surface area contributed by atoms with Crippen LogP contribution in [0.25, 0.3) is 0 Å². The fourth-order valence-electron chi connectivity index (χ4n) is 1.45. The van der Waals surface area contributed by atoms with E-state index in [1.165, 1.54) is 17.1 Å². The van der Waals surface area contributed by atoms with E-state index in [0.29, 0.717) is 0 Å². The van der Waals surface area contributed by atoms with E-state index in [4.69, 9.17) is 5.11 Å². The highest BCUT2D eigenvalue weighted by Gasteiger charge is 2.15. The fraction of sp³-hybridized carbons (Fsp3) is 0.556. The van der Waals surface area contributed by atoms with E-state index in [0.717, 1.165) is 30.4 Å². The summed E-state index contributed by atoms with van der Waals surface area (Å²) in [6.07, 6.45) is 1.15. The number of nitrogens with zero attached hydrogens (tertiary/aromatic N) is 2. The first-order chi connectivity index (χ1) is 7.27. The summed E-state index contributed by atoms with van der Waals surface area (Å²) in [6, 6.07) is 0. The summed E-state index contributed by atoms with van der Waals surface area (Å²) < 4.78 is 0. The minimum absolute atomic E-state index is 0.159. The number of hydrogen-bond donors (Lipinski definition) is 1. The lowest BCUT2D eigenvalue weighted by atomic mass is 10.4. The van der Waals surface area contributed by atoms with E-state index in [1.807, 2.05) is 11.8 Å². The summed E-state index contributed by atoms with van der Waals surface area (Å²) in [5.41, 5.74) is 0.159. The topological polar surface area (TPSA) is 53.4 Å². The highest BCUT2D eigenvalue weighted by molar-refractivity contribution is 7.99. The molecule has 0 aromatic carbocycles. The second kappa shape index (κ2) is 4.85. The molecule has 1 fully saturated rings. The van der Waals surface area contributed by atoms with Crippen LogP contribution in [0.2, 0.25) is 0 Å². The molecule has 0 bridgehead atoms. The molecular weight excluding hydrogens is 232 g/mol. The van der Waals surface area contributed by atoms with Crippen molar-refractivity contribution in [3.63, 3.8) is 0 Å². The number of thiazole rings is 1. The Balaban J connectivity index is 2.10. The standard InChI is InChI=1S/C9H12N2O2S2/c12-8(13)7-6-15-9(10-7)11-2-1-4-14-5-3-11/h6H,1-5H2,(H,12,13). The number of hydrogen-bond acceptors (Lipinski definition) is 5. The molecule has 4 nitrogen and oxygen atoms in total. The SMILES string of the molecule is O=C(O)c1csc(N2CCCSCC2)n1. The van der Waals surface area contributed by atoms with E-state index in [1.54, 1.807) is 5.38 Å². The lowest BCUT2D eigenvalue weighted by Gasteiger charge is -2.17. The number of carbonyl (C=O) groups is 1. The van der Waals surface area contributed by atoms with E-state index in [9.17, 15) is 4.79 Å². The van der Waals surface area contributed by atoms with Gasteiger partial charge in [0.15, 0.2) is 10.8 Å². The van der Waals surface area contributed by atoms with E-state index in [-0.39, 0.29) is 5.69 Å². The summed E-state index contributed by atoms with van der Waals surface area (Å²) >= 11 is 3.36. The molecule has 1 aromatic rings. The van der Waals surface area contributed by atoms with Crippen LogP contribution >= 0.6 is 23.1 Å². The van der Waals surface area contributed by atoms with E-state index >= 15 is 0 Å². The molecule has 15 heavy (non-hydrogen) atoms. The average molecular weight is 244 g/mol. The van der Waals surface area contributed by atoms with Crippen LogP contribution in [-0.4, -0.2) is 40.7 Å². The van der Waals surface area contributed by atoms with Crippen LogP contribution in [0.3, 0.4) is 0 Å². The van der Waals surface area contributed by atoms with E-state index in [2.05, 4.69) is 9.88 Å². The molecule has 0 atom stereocenters. The Bertz CT molecular complexity index is 346. The van der Waals surface area contributed by atoms with Gasteiger partial charge in [0.1, 0.15) is 0 Å². The van der Waals surface area contributed by atoms with Gasteiger partial charge in [-0.05, 0) is 12.2 Å². The third kappa shape index (κ3) is 2.63. The van der Waals surface area contributed by atoms with Crippen LogP contribution in [0.1, 0.15) is 16.9 Å². The smallest absolute Gasteiger partial charge is 0.355 e. The van der Waals surface area contributed by atoms with Gasteiger partial charge in [-0.3, -0.25) is 0 Å². The highest BCUT2D eigenvalue weighted by atomic mass is 32.2. The largest absolute Gasteiger partial charge is 0.476 e. The number of anilines is 1. The molecule has 0 amide bonds. The van der Waals surface area contributed by atoms with Gasteiger partial charge in [-0.1, -0.05) is 0 Å². The van der Waals surface area contributed by atoms with Crippen molar-refractivity contribution in [2.24, 2.45) is 0 Å². The molecule has 1 aromatic heterocycles. The Morgan fingerprint density at radius 3 is 3.07 bits per heavy atom. The number of carboxylic acids is 1. The van der Waals surface area contributed by atoms with Gasteiger partial charge >= 0.3 is 5.97 Å². The maximum Gasteiger partial charge on any atom is 0.355 e. The first-order valence-corrected chi connectivity index (χ1v) is 6.82. The molecule has 0 saturated carbocycles. The fourth-order valence-corrected chi connectivity index (χ4v) is 3.19. The molecule has 1 aliphatic heterocycles. The number of thioether (sulfide) groups is 1. The third-order valence-electron chi connectivity index (χ3n) is 2.20. The molecular formula is C9H12N2O2S2. The molecule has 0 radical (unpaired) electrons. The van der Waals surface area contributed by atoms with Crippen LogP contribution in [0, 0.1) is 0 Å². The predicted octanol–water partition coefficient (Wildman–Crippen LogP) is 1.78. The summed E-state index contributed by atoms with van der Waals surface area (Å²) in [5.74, 6) is 1.34. The first kappa shape index (κ1) is 10.8. The van der Waals surface area contributed by atoms with Crippen molar-refractivity contribution in [3.8, 4) is 0 Å². The van der Waals surface area contributed by atoms with Gasteiger partial charge in [0.2, 0.25) is 0 Å². The van der Waals surface area contributed by atoms with Gasteiger partial charge in [-0.2, -0.15) is 11.8 Å². The normalized spacial score (nSPS) is 17.5. The second-order valence-electron chi connectivity index (χ2n) is 3.27. The minimum Gasteiger partial charge on any atom is -0.476 e. The van der Waals surface area contributed by atoms with Crippen LogP contribution in [0.4, 0.5) is 5.13 Å². The molecule has 1 N–H and O–H groups in total. The van der Waals surface area contributed by atoms with Gasteiger partial charge in [0, 0.05) is 24.2 Å². The Hall–Kier alpha value is -0.750. The number of aromatic carboxylic acids is 1. The molecule has 0 unspecified atom stereocenters. The van der Waals surface area contributed by atoms with Crippen molar-refractivity contribution in [3.05, 3.63) is 11.1 Å². The van der Waals surface area contributed by atoms with Gasteiger partial charge < -0.3 is 10.0 Å². The number of aromatic nitrogens is 1. The Morgan fingerprint density at radius 2 is 2.33 bits per heavy atom. The molecule has 2 rings (SSSR count). The Kier molecular flexibility index (Phi) is 3.48. The molecule has 6 heteroatoms. The monoisotopic (exact) mass is 244 g/mol. The van der Waals surface area contributed by atoms with Crippen molar-refractivity contribution in [1.82, 2.24) is 4.98 Å². The summed E-state index contributed by atoms with van der Waals surface area (Å²) in [7, 11) is 0. The lowest BCUT2D eigenvalue weighted by molar-refractivity contribution is 0.0691. The lowest BCUT2D eigenvalue weighted by Crippen LogP contribution is -2.25. The maximum atomic E-state index is 10.7. The quantitative estimate of drug-likeness (QED) is 0.859. The van der Waals surface area contributed by atoms with Crippen molar-refractivity contribution in [2.45, 2.75) is 6.42 Å². The average Bonchev–Trinajstić information content (AvgIpc) is 2.55.